The second-order valence-electron chi connectivity index (χ2n) is 15.6. The van der Waals surface area contributed by atoms with Crippen molar-refractivity contribution in [1.82, 2.24) is 0 Å². The van der Waals surface area contributed by atoms with Crippen LogP contribution in [0.1, 0.15) is 0 Å². The number of hydrogen-bond donors (Lipinski definition) is 0. The van der Waals surface area contributed by atoms with E-state index in [9.17, 15) is 0 Å². The van der Waals surface area contributed by atoms with Crippen molar-refractivity contribution in [3.8, 4) is 22.3 Å². The number of rotatable bonds is 4. The quantitative estimate of drug-likeness (QED) is 0.168. The second-order valence-corrected chi connectivity index (χ2v) is 15.6. The van der Waals surface area contributed by atoms with E-state index in [1.807, 2.05) is 24.3 Å². The van der Waals surface area contributed by atoms with Crippen molar-refractivity contribution in [2.24, 2.45) is 0 Å². The van der Waals surface area contributed by atoms with Gasteiger partial charge >= 0.3 is 0 Å². The number of hydrogen-bond acceptors (Lipinski definition) is 4. The molecule has 0 aliphatic carbocycles. The molecule has 13 rings (SSSR count). The van der Waals surface area contributed by atoms with Crippen LogP contribution in [0.4, 0.5) is 34.1 Å². The highest BCUT2D eigenvalue weighted by atomic mass is 16.3. The van der Waals surface area contributed by atoms with Gasteiger partial charge in [-0.2, -0.15) is 0 Å². The molecule has 2 aromatic heterocycles. The van der Waals surface area contributed by atoms with Crippen molar-refractivity contribution in [2.45, 2.75) is 0 Å². The van der Waals surface area contributed by atoms with Gasteiger partial charge in [-0.25, -0.2) is 0 Å². The first-order valence-corrected chi connectivity index (χ1v) is 20.2. The summed E-state index contributed by atoms with van der Waals surface area (Å²) in [6.07, 6.45) is 0. The molecule has 59 heavy (non-hydrogen) atoms. The Morgan fingerprint density at radius 1 is 0.305 bits per heavy atom. The largest absolute Gasteiger partial charge is 0.456 e. The Kier molecular flexibility index (Phi) is 6.78. The molecule has 0 radical (unpaired) electrons. The Balaban J connectivity index is 0.916. The van der Waals surface area contributed by atoms with E-state index in [2.05, 4.69) is 186 Å². The van der Waals surface area contributed by atoms with Crippen LogP contribution in [0.2, 0.25) is 0 Å². The average Bonchev–Trinajstić information content (AvgIpc) is 3.87. The number of anilines is 6. The van der Waals surface area contributed by atoms with Crippen LogP contribution in [0.3, 0.4) is 0 Å². The molecule has 0 fully saturated rings. The minimum Gasteiger partial charge on any atom is -0.456 e. The molecule has 11 aromatic rings. The number of furan rings is 2. The molecule has 2 aliphatic rings. The molecule has 0 saturated carbocycles. The molecule has 0 unspecified atom stereocenters. The zero-order valence-electron chi connectivity index (χ0n) is 31.8. The van der Waals surface area contributed by atoms with Gasteiger partial charge in [0, 0.05) is 55.7 Å². The van der Waals surface area contributed by atoms with E-state index in [1.165, 1.54) is 61.4 Å². The number of benzene rings is 9. The summed E-state index contributed by atoms with van der Waals surface area (Å²) in [6, 6.07) is 72.2. The van der Waals surface area contributed by atoms with Gasteiger partial charge < -0.3 is 18.6 Å². The zero-order chi connectivity index (χ0) is 38.6. The lowest BCUT2D eigenvalue weighted by Crippen LogP contribution is -2.61. The maximum absolute atomic E-state index is 6.13. The van der Waals surface area contributed by atoms with Gasteiger partial charge in [-0.05, 0) is 124 Å². The lowest BCUT2D eigenvalue weighted by molar-refractivity contribution is 0.668. The first kappa shape index (κ1) is 32.3. The van der Waals surface area contributed by atoms with Crippen LogP contribution in [-0.2, 0) is 0 Å². The van der Waals surface area contributed by atoms with E-state index in [0.717, 1.165) is 55.3 Å². The van der Waals surface area contributed by atoms with Crippen LogP contribution in [0.5, 0.6) is 0 Å². The molecular formula is C54H33BN2O2. The Morgan fingerprint density at radius 2 is 0.695 bits per heavy atom. The Morgan fingerprint density at radius 3 is 1.19 bits per heavy atom. The van der Waals surface area contributed by atoms with Gasteiger partial charge in [0.15, 0.2) is 0 Å². The summed E-state index contributed by atoms with van der Waals surface area (Å²) in [7, 11) is 0. The van der Waals surface area contributed by atoms with Crippen molar-refractivity contribution in [2.75, 3.05) is 9.80 Å². The van der Waals surface area contributed by atoms with Crippen LogP contribution in [0.15, 0.2) is 209 Å². The SMILES string of the molecule is c1ccc2c(c1)B1c3ccccc3N(c3ccc(-c4ccc5oc6ccccc6c5c4)cc3)c3cccc(c31)N2c1ccc(-c2ccc3oc4ccccc4c3c2)cc1. The Labute approximate surface area is 340 Å². The lowest BCUT2D eigenvalue weighted by atomic mass is 9.33. The van der Waals surface area contributed by atoms with Gasteiger partial charge in [-0.15, -0.1) is 0 Å². The highest BCUT2D eigenvalue weighted by molar-refractivity contribution is 7.00. The van der Waals surface area contributed by atoms with Crippen molar-refractivity contribution in [1.29, 1.82) is 0 Å². The van der Waals surface area contributed by atoms with Crippen molar-refractivity contribution >= 4 is 101 Å². The smallest absolute Gasteiger partial charge is 0.252 e. The molecule has 274 valence electrons. The van der Waals surface area contributed by atoms with Crippen LogP contribution in [0.25, 0.3) is 66.1 Å². The fourth-order valence-corrected chi connectivity index (χ4v) is 9.81. The molecule has 0 N–H and O–H groups in total. The highest BCUT2D eigenvalue weighted by Crippen LogP contribution is 2.45. The summed E-state index contributed by atoms with van der Waals surface area (Å²) >= 11 is 0. The minimum absolute atomic E-state index is 0.0904. The van der Waals surface area contributed by atoms with Crippen LogP contribution >= 0.6 is 0 Å². The summed E-state index contributed by atoms with van der Waals surface area (Å²) < 4.78 is 12.3. The van der Waals surface area contributed by atoms with Gasteiger partial charge in [-0.3, -0.25) is 0 Å². The standard InChI is InChI=1S/C54H33BN2O2/c1-7-18-50-40(10-1)42-32-36(24-30-52(42)58-50)34-20-26-38(27-21-34)56-46-14-5-3-12-44(46)55-45-13-4-6-15-47(45)57(49-17-9-16-48(56)54(49)55)39-28-22-35(23-29-39)37-25-31-53-43(33-37)41-11-2-8-19-51(41)59-53/h1-33H. The summed E-state index contributed by atoms with van der Waals surface area (Å²) in [5.74, 6) is 0. The maximum Gasteiger partial charge on any atom is 0.252 e. The Bertz CT molecular complexity index is 3250. The first-order valence-electron chi connectivity index (χ1n) is 20.2. The summed E-state index contributed by atoms with van der Waals surface area (Å²) in [5, 5.41) is 4.56. The van der Waals surface area contributed by atoms with E-state index in [-0.39, 0.29) is 6.71 Å². The van der Waals surface area contributed by atoms with E-state index >= 15 is 0 Å². The van der Waals surface area contributed by atoms with Crippen molar-refractivity contribution in [3.63, 3.8) is 0 Å². The van der Waals surface area contributed by atoms with E-state index in [4.69, 9.17) is 8.83 Å². The summed E-state index contributed by atoms with van der Waals surface area (Å²) in [4.78, 5) is 4.90. The molecule has 0 bridgehead atoms. The zero-order valence-corrected chi connectivity index (χ0v) is 31.8. The third-order valence-corrected chi connectivity index (χ3v) is 12.5. The molecule has 0 spiro atoms. The van der Waals surface area contributed by atoms with Crippen LogP contribution < -0.4 is 26.2 Å². The monoisotopic (exact) mass is 752 g/mol. The predicted octanol–water partition coefficient (Wildman–Crippen LogP) is 12.9. The fourth-order valence-electron chi connectivity index (χ4n) is 9.81. The van der Waals surface area contributed by atoms with E-state index < -0.39 is 0 Å². The minimum atomic E-state index is 0.0904. The topological polar surface area (TPSA) is 32.8 Å². The normalized spacial score (nSPS) is 13.0. The summed E-state index contributed by atoms with van der Waals surface area (Å²) in [5.41, 5.74) is 19.3. The van der Waals surface area contributed by atoms with Crippen molar-refractivity contribution in [3.05, 3.63) is 200 Å². The van der Waals surface area contributed by atoms with Gasteiger partial charge in [0.05, 0.1) is 0 Å². The van der Waals surface area contributed by atoms with E-state index in [0.29, 0.717) is 0 Å². The summed E-state index contributed by atoms with van der Waals surface area (Å²) in [6.45, 7) is 0.0904. The Hall–Kier alpha value is -7.76. The van der Waals surface area contributed by atoms with Gasteiger partial charge in [-0.1, -0.05) is 115 Å². The molecule has 9 aromatic carbocycles. The van der Waals surface area contributed by atoms with Crippen LogP contribution in [0, 0.1) is 0 Å². The van der Waals surface area contributed by atoms with Gasteiger partial charge in [0.25, 0.3) is 6.71 Å². The van der Waals surface area contributed by atoms with Crippen LogP contribution in [-0.4, -0.2) is 6.71 Å². The predicted molar refractivity (Wildman–Crippen MR) is 246 cm³/mol. The molecular weight excluding hydrogens is 719 g/mol. The number of para-hydroxylation sites is 4. The molecule has 2 aliphatic heterocycles. The van der Waals surface area contributed by atoms with E-state index in [1.54, 1.807) is 0 Å². The average molecular weight is 753 g/mol. The second kappa shape index (κ2) is 12.4. The third-order valence-electron chi connectivity index (χ3n) is 12.5. The molecule has 4 heterocycles. The molecule has 0 amide bonds. The molecule has 0 atom stereocenters. The van der Waals surface area contributed by atoms with Gasteiger partial charge in [0.2, 0.25) is 0 Å². The fraction of sp³-hybridized carbons (Fsp3) is 0. The highest BCUT2D eigenvalue weighted by Gasteiger charge is 2.42. The number of fused-ring (bicyclic) bond motifs is 10. The maximum atomic E-state index is 6.13. The molecule has 5 heteroatoms. The molecule has 4 nitrogen and oxygen atoms in total. The third kappa shape index (κ3) is 4.79. The van der Waals surface area contributed by atoms with Gasteiger partial charge in [0.1, 0.15) is 22.3 Å². The number of nitrogens with zero attached hydrogens (tertiary/aromatic N) is 2. The van der Waals surface area contributed by atoms with Crippen molar-refractivity contribution < 1.29 is 8.83 Å². The lowest BCUT2D eigenvalue weighted by Gasteiger charge is -2.44. The first-order chi connectivity index (χ1) is 29.2. The molecule has 0 saturated heterocycles.